The van der Waals surface area contributed by atoms with Gasteiger partial charge in [0.25, 0.3) is 0 Å². The monoisotopic (exact) mass is 335 g/mol. The van der Waals surface area contributed by atoms with Crippen molar-refractivity contribution in [2.45, 2.75) is 50.6 Å². The smallest absolute Gasteiger partial charge is 0.222 e. The number of nitrogens with one attached hydrogen (secondary N) is 2. The third-order valence-electron chi connectivity index (χ3n) is 4.89. The summed E-state index contributed by atoms with van der Waals surface area (Å²) in [5.41, 5.74) is 7.96. The summed E-state index contributed by atoms with van der Waals surface area (Å²) in [6, 6.07) is 8.85. The number of hydrazine groups is 1. The summed E-state index contributed by atoms with van der Waals surface area (Å²) in [7, 11) is 1.91. The average molecular weight is 336 g/mol. The van der Waals surface area contributed by atoms with E-state index < -0.39 is 0 Å². The van der Waals surface area contributed by atoms with E-state index in [2.05, 4.69) is 10.9 Å². The first kappa shape index (κ1) is 16.7. The number of carbonyl (C=O) groups is 1. The van der Waals surface area contributed by atoms with Crippen LogP contribution >= 0.6 is 11.6 Å². The van der Waals surface area contributed by atoms with Gasteiger partial charge in [0.05, 0.1) is 0 Å². The van der Waals surface area contributed by atoms with E-state index in [1.54, 1.807) is 0 Å². The van der Waals surface area contributed by atoms with Crippen molar-refractivity contribution in [1.82, 2.24) is 15.8 Å². The summed E-state index contributed by atoms with van der Waals surface area (Å²) in [6.07, 6.45) is 6.24. The molecule has 1 saturated heterocycles. The van der Waals surface area contributed by atoms with Crippen LogP contribution in [0.5, 0.6) is 0 Å². The molecule has 1 heterocycles. The number of benzene rings is 1. The first-order valence-corrected chi connectivity index (χ1v) is 8.99. The van der Waals surface area contributed by atoms with Crippen molar-refractivity contribution < 1.29 is 4.79 Å². The minimum atomic E-state index is 0.232. The van der Waals surface area contributed by atoms with E-state index in [-0.39, 0.29) is 5.91 Å². The van der Waals surface area contributed by atoms with Gasteiger partial charge in [-0.25, -0.2) is 0 Å². The molecule has 5 heteroatoms. The molecule has 2 atom stereocenters. The first-order valence-electron chi connectivity index (χ1n) is 8.61. The van der Waals surface area contributed by atoms with E-state index in [1.807, 2.05) is 36.2 Å². The largest absolute Gasteiger partial charge is 0.344 e. The number of hydrogen-bond donors (Lipinski definition) is 2. The van der Waals surface area contributed by atoms with Gasteiger partial charge in [0.1, 0.15) is 0 Å². The SMILES string of the molecule is CN(CC1CC(C2CC2)NN1)C(=O)CCCc1ccc(Cl)cc1. The zero-order valence-corrected chi connectivity index (χ0v) is 14.5. The number of amides is 1. The molecule has 1 aliphatic carbocycles. The number of hydrogen-bond acceptors (Lipinski definition) is 3. The summed E-state index contributed by atoms with van der Waals surface area (Å²) in [4.78, 5) is 14.1. The third-order valence-corrected chi connectivity index (χ3v) is 5.14. The predicted molar refractivity (Wildman–Crippen MR) is 93.2 cm³/mol. The van der Waals surface area contributed by atoms with Crippen LogP contribution in [0.25, 0.3) is 0 Å². The lowest BCUT2D eigenvalue weighted by molar-refractivity contribution is -0.130. The van der Waals surface area contributed by atoms with Gasteiger partial charge in [0.15, 0.2) is 0 Å². The Morgan fingerprint density at radius 2 is 2.00 bits per heavy atom. The highest BCUT2D eigenvalue weighted by Crippen LogP contribution is 2.35. The Balaban J connectivity index is 1.35. The molecule has 126 valence electrons. The number of nitrogens with zero attached hydrogens (tertiary/aromatic N) is 1. The molecule has 1 amide bonds. The van der Waals surface area contributed by atoms with Crippen molar-refractivity contribution in [3.05, 3.63) is 34.9 Å². The minimum absolute atomic E-state index is 0.232. The lowest BCUT2D eigenvalue weighted by atomic mass is 10.1. The van der Waals surface area contributed by atoms with Crippen LogP contribution < -0.4 is 10.9 Å². The normalized spacial score (nSPS) is 23.9. The zero-order valence-electron chi connectivity index (χ0n) is 13.7. The van der Waals surface area contributed by atoms with Gasteiger partial charge in [-0.15, -0.1) is 0 Å². The maximum atomic E-state index is 12.3. The van der Waals surface area contributed by atoms with Gasteiger partial charge in [-0.1, -0.05) is 23.7 Å². The molecule has 4 nitrogen and oxygen atoms in total. The Hall–Kier alpha value is -1.10. The second-order valence-electron chi connectivity index (χ2n) is 6.92. The van der Waals surface area contributed by atoms with Crippen LogP contribution in [0.2, 0.25) is 5.02 Å². The quantitative estimate of drug-likeness (QED) is 0.805. The summed E-state index contributed by atoms with van der Waals surface area (Å²) < 4.78 is 0. The van der Waals surface area contributed by atoms with Gasteiger partial charge in [-0.3, -0.25) is 15.6 Å². The van der Waals surface area contributed by atoms with Crippen LogP contribution in [-0.4, -0.2) is 36.5 Å². The molecule has 0 spiro atoms. The first-order chi connectivity index (χ1) is 11.1. The molecule has 1 saturated carbocycles. The number of aryl methyl sites for hydroxylation is 1. The summed E-state index contributed by atoms with van der Waals surface area (Å²) in [5, 5.41) is 0.756. The fraction of sp³-hybridized carbons (Fsp3) is 0.611. The summed E-state index contributed by atoms with van der Waals surface area (Å²) in [6.45, 7) is 0.788. The van der Waals surface area contributed by atoms with Crippen molar-refractivity contribution in [3.8, 4) is 0 Å². The van der Waals surface area contributed by atoms with Crippen molar-refractivity contribution in [2.75, 3.05) is 13.6 Å². The van der Waals surface area contributed by atoms with Gasteiger partial charge in [-0.2, -0.15) is 0 Å². The van der Waals surface area contributed by atoms with Crippen molar-refractivity contribution in [3.63, 3.8) is 0 Å². The van der Waals surface area contributed by atoms with Gasteiger partial charge >= 0.3 is 0 Å². The summed E-state index contributed by atoms with van der Waals surface area (Å²) in [5.74, 6) is 1.09. The van der Waals surface area contributed by atoms with E-state index in [0.717, 1.165) is 36.7 Å². The van der Waals surface area contributed by atoms with Gasteiger partial charge in [-0.05, 0) is 55.7 Å². The van der Waals surface area contributed by atoms with E-state index >= 15 is 0 Å². The lowest BCUT2D eigenvalue weighted by Gasteiger charge is -2.21. The molecule has 1 aromatic rings. The molecule has 2 unspecified atom stereocenters. The zero-order chi connectivity index (χ0) is 16.2. The van der Waals surface area contributed by atoms with Crippen molar-refractivity contribution in [2.24, 2.45) is 5.92 Å². The van der Waals surface area contributed by atoms with E-state index in [0.29, 0.717) is 18.5 Å². The maximum Gasteiger partial charge on any atom is 0.222 e. The summed E-state index contributed by atoms with van der Waals surface area (Å²) >= 11 is 5.88. The molecule has 1 aromatic carbocycles. The second-order valence-corrected chi connectivity index (χ2v) is 7.36. The number of likely N-dealkylation sites (N-methyl/N-ethyl adjacent to an activating group) is 1. The minimum Gasteiger partial charge on any atom is -0.344 e. The van der Waals surface area contributed by atoms with Crippen LogP contribution in [-0.2, 0) is 11.2 Å². The van der Waals surface area contributed by atoms with Crippen LogP contribution in [0.3, 0.4) is 0 Å². The Labute approximate surface area is 143 Å². The molecule has 0 radical (unpaired) electrons. The average Bonchev–Trinajstić information content (AvgIpc) is 3.29. The molecule has 0 aromatic heterocycles. The Morgan fingerprint density at radius 1 is 1.26 bits per heavy atom. The number of rotatable bonds is 7. The topological polar surface area (TPSA) is 44.4 Å². The predicted octanol–water partition coefficient (Wildman–Crippen LogP) is 2.77. The third kappa shape index (κ3) is 4.93. The second kappa shape index (κ2) is 7.65. The Morgan fingerprint density at radius 3 is 2.70 bits per heavy atom. The highest BCUT2D eigenvalue weighted by atomic mass is 35.5. The highest BCUT2D eigenvalue weighted by molar-refractivity contribution is 6.30. The molecule has 2 N–H and O–H groups in total. The van der Waals surface area contributed by atoms with Gasteiger partial charge in [0.2, 0.25) is 5.91 Å². The van der Waals surface area contributed by atoms with Crippen LogP contribution in [0.4, 0.5) is 0 Å². The molecule has 23 heavy (non-hydrogen) atoms. The van der Waals surface area contributed by atoms with Gasteiger partial charge < -0.3 is 4.90 Å². The van der Waals surface area contributed by atoms with E-state index in [1.165, 1.54) is 18.4 Å². The van der Waals surface area contributed by atoms with Crippen molar-refractivity contribution >= 4 is 17.5 Å². The molecular weight excluding hydrogens is 310 g/mol. The molecule has 2 fully saturated rings. The fourth-order valence-corrected chi connectivity index (χ4v) is 3.42. The highest BCUT2D eigenvalue weighted by Gasteiger charge is 2.36. The molecule has 3 rings (SSSR count). The maximum absolute atomic E-state index is 12.3. The van der Waals surface area contributed by atoms with Gasteiger partial charge in [0, 0.05) is 37.1 Å². The Kier molecular flexibility index (Phi) is 5.57. The molecule has 0 bridgehead atoms. The van der Waals surface area contributed by atoms with E-state index in [9.17, 15) is 4.79 Å². The van der Waals surface area contributed by atoms with Crippen LogP contribution in [0.15, 0.2) is 24.3 Å². The van der Waals surface area contributed by atoms with E-state index in [4.69, 9.17) is 11.6 Å². The fourth-order valence-electron chi connectivity index (χ4n) is 3.30. The Bertz CT molecular complexity index is 530. The number of halogens is 1. The van der Waals surface area contributed by atoms with Crippen LogP contribution in [0.1, 0.15) is 37.7 Å². The molecular formula is C18H26ClN3O. The van der Waals surface area contributed by atoms with Crippen molar-refractivity contribution in [1.29, 1.82) is 0 Å². The standard InChI is InChI=1S/C18H26ClN3O/c1-22(12-16-11-17(21-20-16)14-7-8-14)18(23)4-2-3-13-5-9-15(19)10-6-13/h5-6,9-10,14,16-17,20-21H,2-4,7-8,11-12H2,1H3. The number of carbonyl (C=O) groups excluding carboxylic acids is 1. The molecule has 1 aliphatic heterocycles. The molecule has 2 aliphatic rings. The lowest BCUT2D eigenvalue weighted by Crippen LogP contribution is -2.41. The van der Waals surface area contributed by atoms with Crippen LogP contribution in [0, 0.1) is 5.92 Å².